The molecular formula is C23H22BrNO6S. The van der Waals surface area contributed by atoms with Crippen molar-refractivity contribution in [2.45, 2.75) is 26.5 Å². The number of halogens is 1. The molecule has 2 aromatic rings. The third-order valence-corrected chi connectivity index (χ3v) is 6.08. The summed E-state index contributed by atoms with van der Waals surface area (Å²) in [7, 11) is 1.21. The van der Waals surface area contributed by atoms with Gasteiger partial charge >= 0.3 is 5.97 Å². The molecule has 1 fully saturated rings. The zero-order chi connectivity index (χ0) is 23.3. The first-order valence-corrected chi connectivity index (χ1v) is 11.4. The van der Waals surface area contributed by atoms with Crippen LogP contribution in [-0.2, 0) is 20.9 Å². The first-order chi connectivity index (χ1) is 15.3. The summed E-state index contributed by atoms with van der Waals surface area (Å²) >= 11 is 4.29. The fraction of sp³-hybridized carbons (Fsp3) is 0.261. The summed E-state index contributed by atoms with van der Waals surface area (Å²) < 4.78 is 17.0. The summed E-state index contributed by atoms with van der Waals surface area (Å²) in [6.45, 7) is 4.10. The fourth-order valence-electron chi connectivity index (χ4n) is 3.05. The number of carbonyl (C=O) groups excluding carboxylic acids is 3. The van der Waals surface area contributed by atoms with Gasteiger partial charge in [0.15, 0.2) is 11.5 Å². The van der Waals surface area contributed by atoms with E-state index in [1.807, 2.05) is 37.3 Å². The average Bonchev–Trinajstić information content (AvgIpc) is 3.05. The van der Waals surface area contributed by atoms with Gasteiger partial charge in [-0.2, -0.15) is 0 Å². The molecule has 7 nitrogen and oxygen atoms in total. The van der Waals surface area contributed by atoms with E-state index >= 15 is 0 Å². The molecule has 1 atom stereocenters. The van der Waals surface area contributed by atoms with E-state index in [1.165, 1.54) is 14.0 Å². The fourth-order valence-corrected chi connectivity index (χ4v) is 4.53. The molecule has 1 heterocycles. The number of methoxy groups -OCH3 is 1. The molecule has 2 aromatic carbocycles. The minimum atomic E-state index is -1.00. The molecule has 0 spiro atoms. The van der Waals surface area contributed by atoms with Crippen LogP contribution in [0.1, 0.15) is 25.0 Å². The van der Waals surface area contributed by atoms with Crippen LogP contribution in [0, 0.1) is 0 Å². The number of nitrogens with zero attached hydrogens (tertiary/aromatic N) is 1. The maximum atomic E-state index is 12.7. The highest BCUT2D eigenvalue weighted by Crippen LogP contribution is 2.40. The lowest BCUT2D eigenvalue weighted by molar-refractivity contribution is -0.148. The molecule has 9 heteroatoms. The first kappa shape index (κ1) is 23.9. The van der Waals surface area contributed by atoms with Crippen LogP contribution >= 0.6 is 27.7 Å². The van der Waals surface area contributed by atoms with E-state index in [0.717, 1.165) is 22.2 Å². The van der Waals surface area contributed by atoms with E-state index < -0.39 is 23.2 Å². The summed E-state index contributed by atoms with van der Waals surface area (Å²) in [5.41, 5.74) is 1.66. The van der Waals surface area contributed by atoms with Crippen LogP contribution in [0.15, 0.2) is 51.8 Å². The lowest BCUT2D eigenvalue weighted by Crippen LogP contribution is -2.42. The van der Waals surface area contributed by atoms with Gasteiger partial charge in [0.05, 0.1) is 23.1 Å². The van der Waals surface area contributed by atoms with E-state index in [4.69, 9.17) is 9.47 Å². The standard InChI is InChI=1S/C23H22BrNO6S/c1-4-30-18-11-16(10-17(24)20(18)31-13-15-8-6-5-7-9-15)12-19-21(26)25(23(28)32-19)14(2)22(27)29-3/h5-12,14H,4,13H2,1-3H3/b19-12+/t14-/m0/s1. The van der Waals surface area contributed by atoms with Gasteiger partial charge in [0.2, 0.25) is 0 Å². The van der Waals surface area contributed by atoms with Crippen molar-refractivity contribution in [3.63, 3.8) is 0 Å². The van der Waals surface area contributed by atoms with Crippen molar-refractivity contribution in [2.24, 2.45) is 0 Å². The molecule has 2 amide bonds. The normalized spacial score (nSPS) is 15.8. The molecule has 0 aliphatic carbocycles. The maximum Gasteiger partial charge on any atom is 0.328 e. The van der Waals surface area contributed by atoms with Crippen LogP contribution in [0.5, 0.6) is 11.5 Å². The van der Waals surface area contributed by atoms with Crippen molar-refractivity contribution in [1.82, 2.24) is 4.90 Å². The average molecular weight is 520 g/mol. The van der Waals surface area contributed by atoms with E-state index in [-0.39, 0.29) is 4.91 Å². The van der Waals surface area contributed by atoms with Crippen molar-refractivity contribution in [3.8, 4) is 11.5 Å². The predicted octanol–water partition coefficient (Wildman–Crippen LogP) is 5.02. The molecule has 0 bridgehead atoms. The number of hydrogen-bond acceptors (Lipinski definition) is 7. The molecule has 3 rings (SSSR count). The number of carbonyl (C=O) groups is 3. The molecule has 0 unspecified atom stereocenters. The molecule has 168 valence electrons. The molecule has 1 aliphatic heterocycles. The molecule has 1 saturated heterocycles. The predicted molar refractivity (Wildman–Crippen MR) is 125 cm³/mol. The number of thioether (sulfide) groups is 1. The minimum absolute atomic E-state index is 0.207. The van der Waals surface area contributed by atoms with Crippen molar-refractivity contribution in [3.05, 3.63) is 63.0 Å². The zero-order valence-electron chi connectivity index (χ0n) is 17.8. The monoisotopic (exact) mass is 519 g/mol. The topological polar surface area (TPSA) is 82.1 Å². The molecule has 1 aliphatic rings. The summed E-state index contributed by atoms with van der Waals surface area (Å²) in [4.78, 5) is 38.0. The van der Waals surface area contributed by atoms with Gasteiger partial charge in [0.1, 0.15) is 12.6 Å². The van der Waals surface area contributed by atoms with E-state index in [9.17, 15) is 14.4 Å². The van der Waals surface area contributed by atoms with Crippen molar-refractivity contribution >= 4 is 50.9 Å². The molecule has 0 aromatic heterocycles. The number of imide groups is 1. The second-order valence-corrected chi connectivity index (χ2v) is 8.64. The first-order valence-electron chi connectivity index (χ1n) is 9.83. The largest absolute Gasteiger partial charge is 0.490 e. The van der Waals surface area contributed by atoms with Gasteiger partial charge in [-0.25, -0.2) is 4.79 Å². The minimum Gasteiger partial charge on any atom is -0.490 e. The number of amides is 2. The second kappa shape index (κ2) is 10.7. The molecule has 0 radical (unpaired) electrons. The third kappa shape index (κ3) is 5.34. The molecule has 0 N–H and O–H groups in total. The smallest absolute Gasteiger partial charge is 0.328 e. The Hall–Kier alpha value is -2.78. The highest BCUT2D eigenvalue weighted by molar-refractivity contribution is 9.10. The Kier molecular flexibility index (Phi) is 7.98. The van der Waals surface area contributed by atoms with Gasteiger partial charge in [-0.3, -0.25) is 14.5 Å². The van der Waals surface area contributed by atoms with Crippen LogP contribution in [0.2, 0.25) is 0 Å². The van der Waals surface area contributed by atoms with Gasteiger partial charge in [0.25, 0.3) is 11.1 Å². The number of esters is 1. The van der Waals surface area contributed by atoms with Crippen LogP contribution in [-0.4, -0.2) is 41.8 Å². The number of rotatable bonds is 8. The van der Waals surface area contributed by atoms with Crippen LogP contribution < -0.4 is 9.47 Å². The molecule has 32 heavy (non-hydrogen) atoms. The van der Waals surface area contributed by atoms with Gasteiger partial charge in [0, 0.05) is 0 Å². The Balaban J connectivity index is 1.87. The summed E-state index contributed by atoms with van der Waals surface area (Å²) in [6, 6.07) is 12.3. The van der Waals surface area contributed by atoms with Gasteiger partial charge < -0.3 is 14.2 Å². The Labute approximate surface area is 198 Å². The lowest BCUT2D eigenvalue weighted by Gasteiger charge is -2.18. The number of benzene rings is 2. The zero-order valence-corrected chi connectivity index (χ0v) is 20.2. The van der Waals surface area contributed by atoms with Crippen molar-refractivity contribution in [1.29, 1.82) is 0 Å². The summed E-state index contributed by atoms with van der Waals surface area (Å²) in [5.74, 6) is -0.155. The van der Waals surface area contributed by atoms with Gasteiger partial charge in [-0.15, -0.1) is 0 Å². The Morgan fingerprint density at radius 3 is 2.56 bits per heavy atom. The summed E-state index contributed by atoms with van der Waals surface area (Å²) in [6.07, 6.45) is 1.59. The third-order valence-electron chi connectivity index (χ3n) is 4.61. The van der Waals surface area contributed by atoms with E-state index in [2.05, 4.69) is 20.7 Å². The Morgan fingerprint density at radius 1 is 1.19 bits per heavy atom. The highest BCUT2D eigenvalue weighted by Gasteiger charge is 2.41. The van der Waals surface area contributed by atoms with E-state index in [0.29, 0.717) is 34.7 Å². The quantitative estimate of drug-likeness (QED) is 0.357. The van der Waals surface area contributed by atoms with E-state index in [1.54, 1.807) is 18.2 Å². The van der Waals surface area contributed by atoms with Crippen LogP contribution in [0.25, 0.3) is 6.08 Å². The van der Waals surface area contributed by atoms with Crippen molar-refractivity contribution in [2.75, 3.05) is 13.7 Å². The molecule has 0 saturated carbocycles. The highest BCUT2D eigenvalue weighted by atomic mass is 79.9. The van der Waals surface area contributed by atoms with Crippen LogP contribution in [0.3, 0.4) is 0 Å². The lowest BCUT2D eigenvalue weighted by atomic mass is 10.1. The van der Waals surface area contributed by atoms with Crippen molar-refractivity contribution < 1.29 is 28.6 Å². The SMILES string of the molecule is CCOc1cc(/C=C2/SC(=O)N([C@@H](C)C(=O)OC)C2=O)cc(Br)c1OCc1ccccc1. The van der Waals surface area contributed by atoms with Gasteiger partial charge in [-0.05, 0) is 70.9 Å². The number of hydrogen-bond donors (Lipinski definition) is 0. The van der Waals surface area contributed by atoms with Gasteiger partial charge in [-0.1, -0.05) is 30.3 Å². The maximum absolute atomic E-state index is 12.7. The van der Waals surface area contributed by atoms with Crippen LogP contribution in [0.4, 0.5) is 4.79 Å². The number of ether oxygens (including phenoxy) is 3. The summed E-state index contributed by atoms with van der Waals surface area (Å²) in [5, 5.41) is -0.522. The molecular weight excluding hydrogens is 498 g/mol. The Bertz CT molecular complexity index is 1060. The second-order valence-electron chi connectivity index (χ2n) is 6.79. The Morgan fingerprint density at radius 2 is 1.91 bits per heavy atom.